The zero-order valence-corrected chi connectivity index (χ0v) is 13.2. The molecule has 20 heavy (non-hydrogen) atoms. The van der Waals surface area contributed by atoms with E-state index in [1.54, 1.807) is 0 Å². The van der Waals surface area contributed by atoms with E-state index in [0.29, 0.717) is 0 Å². The first kappa shape index (κ1) is 17.0. The van der Waals surface area contributed by atoms with Crippen molar-refractivity contribution in [1.29, 1.82) is 0 Å². The Morgan fingerprint density at radius 2 is 1.30 bits per heavy atom. The summed E-state index contributed by atoms with van der Waals surface area (Å²) < 4.78 is 0. The Morgan fingerprint density at radius 3 is 1.70 bits per heavy atom. The van der Waals surface area contributed by atoms with Gasteiger partial charge in [0.25, 0.3) is 0 Å². The lowest BCUT2D eigenvalue weighted by molar-refractivity contribution is 0.238. The van der Waals surface area contributed by atoms with E-state index in [0.717, 1.165) is 24.7 Å². The molecule has 0 nitrogen and oxygen atoms in total. The van der Waals surface area contributed by atoms with E-state index in [1.165, 1.54) is 62.5 Å². The Labute approximate surface area is 126 Å². The Morgan fingerprint density at radius 1 is 0.850 bits per heavy atom. The van der Waals surface area contributed by atoms with Gasteiger partial charge in [-0.05, 0) is 43.9 Å². The van der Waals surface area contributed by atoms with E-state index in [9.17, 15) is 0 Å². The van der Waals surface area contributed by atoms with Crippen molar-refractivity contribution in [2.45, 2.75) is 64.2 Å². The molecule has 0 spiro atoms. The van der Waals surface area contributed by atoms with Gasteiger partial charge < -0.3 is 0 Å². The van der Waals surface area contributed by atoms with Gasteiger partial charge in [0.05, 0.1) is 0 Å². The molecule has 2 unspecified atom stereocenters. The molecule has 0 aliphatic heterocycles. The summed E-state index contributed by atoms with van der Waals surface area (Å²) >= 11 is 0. The lowest BCUT2D eigenvalue weighted by Gasteiger charge is -2.29. The average molecular weight is 272 g/mol. The summed E-state index contributed by atoms with van der Waals surface area (Å²) in [4.78, 5) is 0. The third kappa shape index (κ3) is 6.93. The zero-order valence-electron chi connectivity index (χ0n) is 13.2. The van der Waals surface area contributed by atoms with Crippen molar-refractivity contribution < 1.29 is 0 Å². The Kier molecular flexibility index (Phi) is 8.34. The van der Waals surface area contributed by atoms with Crippen molar-refractivity contribution >= 4 is 0 Å². The van der Waals surface area contributed by atoms with Crippen molar-refractivity contribution in [2.24, 2.45) is 11.8 Å². The van der Waals surface area contributed by atoms with Gasteiger partial charge in [-0.2, -0.15) is 0 Å². The first-order valence-corrected chi connectivity index (χ1v) is 8.26. The Bertz CT molecular complexity index is 302. The molecule has 0 saturated heterocycles. The topological polar surface area (TPSA) is 0 Å². The molecule has 0 amide bonds. The minimum absolute atomic E-state index is 0.953. The Hall–Kier alpha value is -1.04. The van der Waals surface area contributed by atoms with Gasteiger partial charge in [-0.3, -0.25) is 0 Å². The normalized spacial score (nSPS) is 22.2. The van der Waals surface area contributed by atoms with E-state index in [-0.39, 0.29) is 0 Å². The summed E-state index contributed by atoms with van der Waals surface area (Å²) in [5, 5.41) is 0. The first-order valence-electron chi connectivity index (χ1n) is 8.26. The highest BCUT2D eigenvalue weighted by molar-refractivity contribution is 5.10. The van der Waals surface area contributed by atoms with Gasteiger partial charge in [0.1, 0.15) is 0 Å². The molecule has 112 valence electrons. The maximum absolute atomic E-state index is 4.00. The van der Waals surface area contributed by atoms with Crippen LogP contribution in [0.5, 0.6) is 0 Å². The predicted octanol–water partition coefficient (Wildman–Crippen LogP) is 6.62. The van der Waals surface area contributed by atoms with Crippen LogP contribution in [0.3, 0.4) is 0 Å². The molecule has 2 atom stereocenters. The molecular formula is C20H32. The summed E-state index contributed by atoms with van der Waals surface area (Å²) in [7, 11) is 0. The predicted molar refractivity (Wildman–Crippen MR) is 91.8 cm³/mol. The number of allylic oxidation sites excluding steroid dienone is 4. The zero-order chi connectivity index (χ0) is 14.8. The summed E-state index contributed by atoms with van der Waals surface area (Å²) in [5.74, 6) is 1.91. The van der Waals surface area contributed by atoms with Crippen molar-refractivity contribution in [3.05, 3.63) is 49.6 Å². The summed E-state index contributed by atoms with van der Waals surface area (Å²) in [5.41, 5.74) is 2.39. The first-order chi connectivity index (χ1) is 9.65. The molecule has 0 aromatic heterocycles. The summed E-state index contributed by atoms with van der Waals surface area (Å²) in [6.07, 6.45) is 17.1. The molecule has 1 aliphatic rings. The van der Waals surface area contributed by atoms with Crippen LogP contribution in [0.4, 0.5) is 0 Å². The second-order valence-electron chi connectivity index (χ2n) is 6.41. The fourth-order valence-corrected chi connectivity index (χ4v) is 3.37. The summed E-state index contributed by atoms with van der Waals surface area (Å²) in [6, 6.07) is 0. The molecule has 0 N–H and O–H groups in total. The summed E-state index contributed by atoms with van der Waals surface area (Å²) in [6.45, 7) is 15.6. The molecule has 0 heterocycles. The third-order valence-corrected chi connectivity index (χ3v) is 4.69. The molecular weight excluding hydrogens is 240 g/mol. The van der Waals surface area contributed by atoms with Gasteiger partial charge in [0.15, 0.2) is 0 Å². The van der Waals surface area contributed by atoms with Crippen LogP contribution in [0.2, 0.25) is 0 Å². The quantitative estimate of drug-likeness (QED) is 0.392. The second-order valence-corrected chi connectivity index (χ2v) is 6.41. The van der Waals surface area contributed by atoms with E-state index in [1.807, 2.05) is 12.2 Å². The van der Waals surface area contributed by atoms with Crippen LogP contribution in [0.25, 0.3) is 0 Å². The second kappa shape index (κ2) is 9.80. The van der Waals surface area contributed by atoms with Gasteiger partial charge in [0.2, 0.25) is 0 Å². The molecule has 0 bridgehead atoms. The smallest absolute Gasteiger partial charge is 0.0285 e. The molecule has 0 radical (unpaired) electrons. The van der Waals surface area contributed by atoms with Crippen molar-refractivity contribution in [2.75, 3.05) is 0 Å². The SMILES string of the molecule is C=CC(=C)CCCC1CCCC(CCCC(=C)C=C)C1. The van der Waals surface area contributed by atoms with E-state index >= 15 is 0 Å². The monoisotopic (exact) mass is 272 g/mol. The Balaban J connectivity index is 2.17. The maximum atomic E-state index is 4.00. The highest BCUT2D eigenvalue weighted by atomic mass is 14.3. The van der Waals surface area contributed by atoms with Crippen LogP contribution < -0.4 is 0 Å². The van der Waals surface area contributed by atoms with Gasteiger partial charge in [0, 0.05) is 0 Å². The van der Waals surface area contributed by atoms with Crippen LogP contribution in [-0.4, -0.2) is 0 Å². The number of rotatable bonds is 10. The van der Waals surface area contributed by atoms with Crippen LogP contribution in [-0.2, 0) is 0 Å². The highest BCUT2D eigenvalue weighted by Crippen LogP contribution is 2.35. The lowest BCUT2D eigenvalue weighted by Crippen LogP contribution is -2.15. The van der Waals surface area contributed by atoms with Crippen LogP contribution >= 0.6 is 0 Å². The highest BCUT2D eigenvalue weighted by Gasteiger charge is 2.21. The minimum atomic E-state index is 0.953. The van der Waals surface area contributed by atoms with Crippen LogP contribution in [0.1, 0.15) is 64.2 Å². The third-order valence-electron chi connectivity index (χ3n) is 4.69. The van der Waals surface area contributed by atoms with E-state index < -0.39 is 0 Å². The minimum Gasteiger partial charge on any atom is -0.0988 e. The number of hydrogen-bond acceptors (Lipinski definition) is 0. The fraction of sp³-hybridized carbons (Fsp3) is 0.600. The van der Waals surface area contributed by atoms with Crippen LogP contribution in [0.15, 0.2) is 49.6 Å². The molecule has 1 aliphatic carbocycles. The van der Waals surface area contributed by atoms with E-state index in [4.69, 9.17) is 0 Å². The van der Waals surface area contributed by atoms with Gasteiger partial charge in [-0.25, -0.2) is 0 Å². The van der Waals surface area contributed by atoms with Gasteiger partial charge in [-0.15, -0.1) is 0 Å². The average Bonchev–Trinajstić information content (AvgIpc) is 2.47. The number of hydrogen-bond donors (Lipinski definition) is 0. The van der Waals surface area contributed by atoms with Crippen molar-refractivity contribution in [3.63, 3.8) is 0 Å². The molecule has 1 rings (SSSR count). The van der Waals surface area contributed by atoms with Crippen molar-refractivity contribution in [3.8, 4) is 0 Å². The largest absolute Gasteiger partial charge is 0.0988 e. The standard InChI is InChI=1S/C20H32/c1-5-17(3)10-7-12-19-14-9-15-20(16-19)13-8-11-18(4)6-2/h5-6,19-20H,1-4,7-16H2. The molecule has 0 aromatic carbocycles. The fourth-order valence-electron chi connectivity index (χ4n) is 3.37. The van der Waals surface area contributed by atoms with Crippen LogP contribution in [0, 0.1) is 11.8 Å². The van der Waals surface area contributed by atoms with E-state index in [2.05, 4.69) is 26.3 Å². The van der Waals surface area contributed by atoms with Crippen molar-refractivity contribution in [1.82, 2.24) is 0 Å². The molecule has 1 saturated carbocycles. The van der Waals surface area contributed by atoms with Gasteiger partial charge >= 0.3 is 0 Å². The lowest BCUT2D eigenvalue weighted by atomic mass is 9.77. The van der Waals surface area contributed by atoms with Gasteiger partial charge in [-0.1, -0.05) is 81.7 Å². The molecule has 0 aromatic rings. The molecule has 1 fully saturated rings. The molecule has 0 heteroatoms. The maximum Gasteiger partial charge on any atom is -0.0285 e.